The van der Waals surface area contributed by atoms with E-state index in [0.29, 0.717) is 16.8 Å². The lowest BCUT2D eigenvalue weighted by Gasteiger charge is -2.11. The average Bonchev–Trinajstić information content (AvgIpc) is 2.31. The van der Waals surface area contributed by atoms with Crippen molar-refractivity contribution in [3.05, 3.63) is 42.7 Å². The Kier molecular flexibility index (Phi) is 3.10. The van der Waals surface area contributed by atoms with Crippen molar-refractivity contribution < 1.29 is 17.9 Å². The van der Waals surface area contributed by atoms with Crippen LogP contribution < -0.4 is 10.5 Å². The highest BCUT2D eigenvalue weighted by molar-refractivity contribution is 5.77. The molecule has 0 atom stereocenters. The van der Waals surface area contributed by atoms with Gasteiger partial charge in [0.25, 0.3) is 0 Å². The number of anilines is 1. The maximum atomic E-state index is 12.1. The van der Waals surface area contributed by atoms with Gasteiger partial charge < -0.3 is 10.5 Å². The summed E-state index contributed by atoms with van der Waals surface area (Å²) in [5.74, 6) is -0.310. The van der Waals surface area contributed by atoms with E-state index in [-0.39, 0.29) is 5.75 Å². The molecule has 1 aromatic heterocycles. The molecule has 3 nitrogen and oxygen atoms in total. The van der Waals surface area contributed by atoms with Crippen LogP contribution in [0.3, 0.4) is 0 Å². The Morgan fingerprint density at radius 3 is 2.56 bits per heavy atom. The van der Waals surface area contributed by atoms with E-state index >= 15 is 0 Å². The van der Waals surface area contributed by atoms with Crippen molar-refractivity contribution in [2.45, 2.75) is 6.36 Å². The molecule has 0 saturated heterocycles. The number of aromatic nitrogens is 1. The topological polar surface area (TPSA) is 48.1 Å². The standard InChI is InChI=1S/C12H9F3N2O/c13-12(14,15)18-9-3-4-11(16)10(6-9)8-2-1-5-17-7-8/h1-7H,16H2. The lowest BCUT2D eigenvalue weighted by molar-refractivity contribution is -0.274. The average molecular weight is 254 g/mol. The maximum absolute atomic E-state index is 12.1. The molecule has 6 heteroatoms. The first-order chi connectivity index (χ1) is 8.46. The molecule has 2 aromatic rings. The second-order valence-corrected chi connectivity index (χ2v) is 3.54. The van der Waals surface area contributed by atoms with E-state index in [1.807, 2.05) is 0 Å². The second kappa shape index (κ2) is 4.56. The molecule has 0 spiro atoms. The van der Waals surface area contributed by atoms with Gasteiger partial charge in [0, 0.05) is 29.2 Å². The van der Waals surface area contributed by atoms with Gasteiger partial charge in [0.05, 0.1) is 0 Å². The fourth-order valence-electron chi connectivity index (χ4n) is 1.50. The van der Waals surface area contributed by atoms with Crippen LogP contribution in [0.5, 0.6) is 5.75 Å². The zero-order valence-electron chi connectivity index (χ0n) is 9.11. The minimum absolute atomic E-state index is 0.310. The first kappa shape index (κ1) is 12.2. The van der Waals surface area contributed by atoms with Gasteiger partial charge in [-0.3, -0.25) is 4.98 Å². The van der Waals surface area contributed by atoms with Crippen molar-refractivity contribution in [1.82, 2.24) is 4.98 Å². The molecule has 94 valence electrons. The fourth-order valence-corrected chi connectivity index (χ4v) is 1.50. The molecule has 18 heavy (non-hydrogen) atoms. The van der Waals surface area contributed by atoms with E-state index in [1.54, 1.807) is 18.3 Å². The number of rotatable bonds is 2. The number of pyridine rings is 1. The molecule has 0 saturated carbocycles. The van der Waals surface area contributed by atoms with Crippen molar-refractivity contribution >= 4 is 5.69 Å². The van der Waals surface area contributed by atoms with Crippen LogP contribution in [0.1, 0.15) is 0 Å². The van der Waals surface area contributed by atoms with Gasteiger partial charge in [-0.25, -0.2) is 0 Å². The Bertz CT molecular complexity index is 541. The van der Waals surface area contributed by atoms with E-state index < -0.39 is 6.36 Å². The lowest BCUT2D eigenvalue weighted by atomic mass is 10.1. The van der Waals surface area contributed by atoms with Crippen LogP contribution >= 0.6 is 0 Å². The van der Waals surface area contributed by atoms with Gasteiger partial charge >= 0.3 is 6.36 Å². The minimum atomic E-state index is -4.72. The predicted octanol–water partition coefficient (Wildman–Crippen LogP) is 3.23. The number of hydrogen-bond donors (Lipinski definition) is 1. The summed E-state index contributed by atoms with van der Waals surface area (Å²) >= 11 is 0. The minimum Gasteiger partial charge on any atom is -0.406 e. The number of ether oxygens (including phenoxy) is 1. The third kappa shape index (κ3) is 2.91. The van der Waals surface area contributed by atoms with Crippen LogP contribution in [0.25, 0.3) is 11.1 Å². The van der Waals surface area contributed by atoms with Crippen molar-refractivity contribution in [2.75, 3.05) is 5.73 Å². The molecule has 0 bridgehead atoms. The summed E-state index contributed by atoms with van der Waals surface area (Å²) in [7, 11) is 0. The zero-order chi connectivity index (χ0) is 13.2. The molecule has 0 unspecified atom stereocenters. The monoisotopic (exact) mass is 254 g/mol. The van der Waals surface area contributed by atoms with E-state index in [1.165, 1.54) is 24.4 Å². The lowest BCUT2D eigenvalue weighted by Crippen LogP contribution is -2.17. The zero-order valence-corrected chi connectivity index (χ0v) is 9.11. The largest absolute Gasteiger partial charge is 0.573 e. The Labute approximate surface area is 101 Å². The van der Waals surface area contributed by atoms with Gasteiger partial charge in [0.2, 0.25) is 0 Å². The van der Waals surface area contributed by atoms with Gasteiger partial charge in [-0.05, 0) is 24.3 Å². The van der Waals surface area contributed by atoms with Crippen LogP contribution in [0.4, 0.5) is 18.9 Å². The Balaban J connectivity index is 2.39. The number of nitrogen functional groups attached to an aromatic ring is 1. The summed E-state index contributed by atoms with van der Waals surface area (Å²) in [6.45, 7) is 0. The Hall–Kier alpha value is -2.24. The molecule has 0 aliphatic carbocycles. The molecule has 0 radical (unpaired) electrons. The summed E-state index contributed by atoms with van der Waals surface area (Å²) in [4.78, 5) is 3.89. The molecule has 2 N–H and O–H groups in total. The van der Waals surface area contributed by atoms with Crippen molar-refractivity contribution in [3.8, 4) is 16.9 Å². The van der Waals surface area contributed by atoms with Crippen LogP contribution in [-0.4, -0.2) is 11.3 Å². The number of benzene rings is 1. The SMILES string of the molecule is Nc1ccc(OC(F)(F)F)cc1-c1cccnc1. The van der Waals surface area contributed by atoms with E-state index in [4.69, 9.17) is 5.73 Å². The number of nitrogens with two attached hydrogens (primary N) is 1. The van der Waals surface area contributed by atoms with Crippen LogP contribution in [0.15, 0.2) is 42.7 Å². The molecule has 1 aromatic carbocycles. The van der Waals surface area contributed by atoms with Crippen LogP contribution in [0, 0.1) is 0 Å². The third-order valence-corrected chi connectivity index (χ3v) is 2.23. The summed E-state index contributed by atoms with van der Waals surface area (Å²) in [5.41, 5.74) is 7.16. The van der Waals surface area contributed by atoms with Crippen molar-refractivity contribution in [1.29, 1.82) is 0 Å². The highest BCUT2D eigenvalue weighted by atomic mass is 19.4. The Morgan fingerprint density at radius 2 is 1.94 bits per heavy atom. The third-order valence-electron chi connectivity index (χ3n) is 2.23. The predicted molar refractivity (Wildman–Crippen MR) is 60.8 cm³/mol. The molecule has 0 amide bonds. The summed E-state index contributed by atoms with van der Waals surface area (Å²) < 4.78 is 40.2. The maximum Gasteiger partial charge on any atom is 0.573 e. The van der Waals surface area contributed by atoms with Gasteiger partial charge in [-0.15, -0.1) is 13.2 Å². The Morgan fingerprint density at radius 1 is 1.17 bits per heavy atom. The van der Waals surface area contributed by atoms with Crippen molar-refractivity contribution in [2.24, 2.45) is 0 Å². The number of alkyl halides is 3. The highest BCUT2D eigenvalue weighted by Gasteiger charge is 2.31. The molecule has 2 rings (SSSR count). The van der Waals surface area contributed by atoms with E-state index in [2.05, 4.69) is 9.72 Å². The van der Waals surface area contributed by atoms with E-state index in [9.17, 15) is 13.2 Å². The molecular weight excluding hydrogens is 245 g/mol. The molecule has 0 fully saturated rings. The second-order valence-electron chi connectivity index (χ2n) is 3.54. The van der Waals surface area contributed by atoms with E-state index in [0.717, 1.165) is 0 Å². The first-order valence-corrected chi connectivity index (χ1v) is 5.01. The number of nitrogens with zero attached hydrogens (tertiary/aromatic N) is 1. The van der Waals surface area contributed by atoms with Gasteiger partial charge in [0.1, 0.15) is 5.75 Å². The normalized spacial score (nSPS) is 11.3. The summed E-state index contributed by atoms with van der Waals surface area (Å²) in [5, 5.41) is 0. The van der Waals surface area contributed by atoms with Crippen LogP contribution in [0.2, 0.25) is 0 Å². The molecular formula is C12H9F3N2O. The fraction of sp³-hybridized carbons (Fsp3) is 0.0833. The summed E-state index contributed by atoms with van der Waals surface area (Å²) in [6.07, 6.45) is -1.64. The highest BCUT2D eigenvalue weighted by Crippen LogP contribution is 2.31. The first-order valence-electron chi connectivity index (χ1n) is 5.01. The molecule has 1 heterocycles. The van der Waals surface area contributed by atoms with Crippen LogP contribution in [-0.2, 0) is 0 Å². The van der Waals surface area contributed by atoms with Gasteiger partial charge in [-0.2, -0.15) is 0 Å². The van der Waals surface area contributed by atoms with Gasteiger partial charge in [-0.1, -0.05) is 6.07 Å². The number of halogens is 3. The molecule has 0 aliphatic heterocycles. The molecule has 0 aliphatic rings. The number of hydrogen-bond acceptors (Lipinski definition) is 3. The summed E-state index contributed by atoms with van der Waals surface area (Å²) in [6, 6.07) is 7.15. The van der Waals surface area contributed by atoms with Gasteiger partial charge in [0.15, 0.2) is 0 Å². The quantitative estimate of drug-likeness (QED) is 0.837. The van der Waals surface area contributed by atoms with Crippen molar-refractivity contribution in [3.63, 3.8) is 0 Å². The smallest absolute Gasteiger partial charge is 0.406 e.